The Bertz CT molecular complexity index is 297. The standard InChI is InChI=1S/C11H15ClN2/c12-10-4-1-5-11(14-10)13-8-2-3-9-6-7-9/h1,4-5,9H,2-3,6-8H2,(H,13,14). The van der Waals surface area contributed by atoms with Crippen LogP contribution in [0.1, 0.15) is 25.7 Å². The topological polar surface area (TPSA) is 24.9 Å². The zero-order valence-corrected chi connectivity index (χ0v) is 8.93. The van der Waals surface area contributed by atoms with E-state index in [0.29, 0.717) is 5.15 Å². The first-order valence-corrected chi connectivity index (χ1v) is 5.59. The van der Waals surface area contributed by atoms with Crippen molar-refractivity contribution in [2.24, 2.45) is 5.92 Å². The maximum atomic E-state index is 5.77. The number of anilines is 1. The van der Waals surface area contributed by atoms with E-state index in [1.54, 1.807) is 6.07 Å². The molecule has 76 valence electrons. The molecule has 0 unspecified atom stereocenters. The van der Waals surface area contributed by atoms with Crippen molar-refractivity contribution < 1.29 is 0 Å². The Morgan fingerprint density at radius 1 is 1.43 bits per heavy atom. The van der Waals surface area contributed by atoms with Gasteiger partial charge < -0.3 is 5.32 Å². The normalized spacial score (nSPS) is 15.5. The molecule has 1 aliphatic rings. The highest BCUT2D eigenvalue weighted by molar-refractivity contribution is 6.29. The SMILES string of the molecule is Clc1cccc(NCCCC2CC2)n1. The molecule has 1 saturated carbocycles. The zero-order valence-electron chi connectivity index (χ0n) is 8.17. The maximum absolute atomic E-state index is 5.77. The first kappa shape index (κ1) is 9.78. The predicted octanol–water partition coefficient (Wildman–Crippen LogP) is 3.34. The summed E-state index contributed by atoms with van der Waals surface area (Å²) in [6.45, 7) is 1.00. The molecule has 0 amide bonds. The van der Waals surface area contributed by atoms with Gasteiger partial charge in [0.2, 0.25) is 0 Å². The molecule has 1 fully saturated rings. The molecule has 14 heavy (non-hydrogen) atoms. The minimum absolute atomic E-state index is 0.553. The Balaban J connectivity index is 1.68. The lowest BCUT2D eigenvalue weighted by molar-refractivity contribution is 0.686. The summed E-state index contributed by atoms with van der Waals surface area (Å²) in [5, 5.41) is 3.83. The van der Waals surface area contributed by atoms with Gasteiger partial charge in [0, 0.05) is 6.54 Å². The summed E-state index contributed by atoms with van der Waals surface area (Å²) < 4.78 is 0. The lowest BCUT2D eigenvalue weighted by atomic mass is 10.2. The quantitative estimate of drug-likeness (QED) is 0.596. The van der Waals surface area contributed by atoms with Gasteiger partial charge in [-0.2, -0.15) is 0 Å². The monoisotopic (exact) mass is 210 g/mol. The Morgan fingerprint density at radius 3 is 3.00 bits per heavy atom. The van der Waals surface area contributed by atoms with Crippen LogP contribution in [0.25, 0.3) is 0 Å². The van der Waals surface area contributed by atoms with Gasteiger partial charge in [-0.15, -0.1) is 0 Å². The van der Waals surface area contributed by atoms with Crippen molar-refractivity contribution in [2.45, 2.75) is 25.7 Å². The van der Waals surface area contributed by atoms with E-state index in [-0.39, 0.29) is 0 Å². The highest BCUT2D eigenvalue weighted by Crippen LogP contribution is 2.33. The van der Waals surface area contributed by atoms with Crippen LogP contribution in [0.5, 0.6) is 0 Å². The molecule has 1 aromatic heterocycles. The molecule has 1 aromatic rings. The van der Waals surface area contributed by atoms with E-state index in [1.165, 1.54) is 25.7 Å². The van der Waals surface area contributed by atoms with Crippen LogP contribution < -0.4 is 5.32 Å². The molecule has 0 bridgehead atoms. The van der Waals surface area contributed by atoms with E-state index in [0.717, 1.165) is 18.3 Å². The number of pyridine rings is 1. The third kappa shape index (κ3) is 3.18. The summed E-state index contributed by atoms with van der Waals surface area (Å²) >= 11 is 5.77. The Morgan fingerprint density at radius 2 is 2.29 bits per heavy atom. The number of halogens is 1. The van der Waals surface area contributed by atoms with Crippen molar-refractivity contribution in [3.8, 4) is 0 Å². The zero-order chi connectivity index (χ0) is 9.80. The van der Waals surface area contributed by atoms with E-state index >= 15 is 0 Å². The van der Waals surface area contributed by atoms with Crippen LogP contribution in [0.4, 0.5) is 5.82 Å². The number of aromatic nitrogens is 1. The molecule has 1 aliphatic carbocycles. The van der Waals surface area contributed by atoms with E-state index in [1.807, 2.05) is 12.1 Å². The van der Waals surface area contributed by atoms with Crippen LogP contribution in [0.15, 0.2) is 18.2 Å². The largest absolute Gasteiger partial charge is 0.370 e. The first-order chi connectivity index (χ1) is 6.84. The summed E-state index contributed by atoms with van der Waals surface area (Å²) in [6, 6.07) is 5.65. The molecule has 0 aliphatic heterocycles. The number of rotatable bonds is 5. The van der Waals surface area contributed by atoms with E-state index in [4.69, 9.17) is 11.6 Å². The minimum atomic E-state index is 0.553. The Hall–Kier alpha value is -0.760. The van der Waals surface area contributed by atoms with Gasteiger partial charge in [-0.1, -0.05) is 30.5 Å². The second kappa shape index (κ2) is 4.65. The van der Waals surface area contributed by atoms with Gasteiger partial charge in [-0.05, 0) is 30.9 Å². The van der Waals surface area contributed by atoms with E-state index in [9.17, 15) is 0 Å². The predicted molar refractivity (Wildman–Crippen MR) is 59.7 cm³/mol. The first-order valence-electron chi connectivity index (χ1n) is 5.21. The lowest BCUT2D eigenvalue weighted by Gasteiger charge is -2.04. The van der Waals surface area contributed by atoms with Gasteiger partial charge in [0.05, 0.1) is 0 Å². The molecule has 0 atom stereocenters. The molecule has 0 saturated heterocycles. The van der Waals surface area contributed by atoms with E-state index < -0.39 is 0 Å². The average Bonchev–Trinajstić information content (AvgIpc) is 2.96. The lowest BCUT2D eigenvalue weighted by Crippen LogP contribution is -2.03. The molecule has 1 N–H and O–H groups in total. The Labute approximate surface area is 89.7 Å². The van der Waals surface area contributed by atoms with Gasteiger partial charge >= 0.3 is 0 Å². The van der Waals surface area contributed by atoms with Crippen LogP contribution in [0.3, 0.4) is 0 Å². The van der Waals surface area contributed by atoms with Crippen molar-refractivity contribution in [2.75, 3.05) is 11.9 Å². The third-order valence-corrected chi connectivity index (χ3v) is 2.72. The van der Waals surface area contributed by atoms with Gasteiger partial charge in [0.25, 0.3) is 0 Å². The summed E-state index contributed by atoms with van der Waals surface area (Å²) in [5.74, 6) is 1.90. The average molecular weight is 211 g/mol. The maximum Gasteiger partial charge on any atom is 0.131 e. The molecule has 0 aromatic carbocycles. The van der Waals surface area contributed by atoms with Gasteiger partial charge in [-0.25, -0.2) is 4.98 Å². The van der Waals surface area contributed by atoms with Gasteiger partial charge in [-0.3, -0.25) is 0 Å². The Kier molecular flexibility index (Phi) is 3.25. The van der Waals surface area contributed by atoms with Crippen LogP contribution in [0, 0.1) is 5.92 Å². The van der Waals surface area contributed by atoms with E-state index in [2.05, 4.69) is 10.3 Å². The number of hydrogen-bond donors (Lipinski definition) is 1. The smallest absolute Gasteiger partial charge is 0.131 e. The van der Waals surface area contributed by atoms with Crippen LogP contribution in [-0.2, 0) is 0 Å². The number of nitrogens with zero attached hydrogens (tertiary/aromatic N) is 1. The number of nitrogens with one attached hydrogen (secondary N) is 1. The molecular weight excluding hydrogens is 196 g/mol. The minimum Gasteiger partial charge on any atom is -0.370 e. The van der Waals surface area contributed by atoms with Crippen molar-refractivity contribution >= 4 is 17.4 Å². The summed E-state index contributed by atoms with van der Waals surface area (Å²) in [5.41, 5.74) is 0. The van der Waals surface area contributed by atoms with Crippen LogP contribution in [0.2, 0.25) is 5.15 Å². The summed E-state index contributed by atoms with van der Waals surface area (Å²) in [6.07, 6.45) is 5.47. The third-order valence-electron chi connectivity index (χ3n) is 2.51. The van der Waals surface area contributed by atoms with Gasteiger partial charge in [0.1, 0.15) is 11.0 Å². The highest BCUT2D eigenvalue weighted by atomic mass is 35.5. The van der Waals surface area contributed by atoms with Crippen molar-refractivity contribution in [3.05, 3.63) is 23.4 Å². The highest BCUT2D eigenvalue weighted by Gasteiger charge is 2.19. The fraction of sp³-hybridized carbons (Fsp3) is 0.545. The van der Waals surface area contributed by atoms with Crippen molar-refractivity contribution in [3.63, 3.8) is 0 Å². The molecule has 1 heterocycles. The summed E-state index contributed by atoms with van der Waals surface area (Å²) in [7, 11) is 0. The molecule has 2 nitrogen and oxygen atoms in total. The second-order valence-electron chi connectivity index (χ2n) is 3.86. The van der Waals surface area contributed by atoms with Gasteiger partial charge in [0.15, 0.2) is 0 Å². The molecular formula is C11H15ClN2. The number of hydrogen-bond acceptors (Lipinski definition) is 2. The fourth-order valence-corrected chi connectivity index (χ4v) is 1.68. The molecule has 0 spiro atoms. The molecule has 3 heteroatoms. The molecule has 0 radical (unpaired) electrons. The second-order valence-corrected chi connectivity index (χ2v) is 4.25. The summed E-state index contributed by atoms with van der Waals surface area (Å²) in [4.78, 5) is 4.16. The fourth-order valence-electron chi connectivity index (χ4n) is 1.52. The van der Waals surface area contributed by atoms with Crippen molar-refractivity contribution in [1.82, 2.24) is 4.98 Å². The van der Waals surface area contributed by atoms with Crippen LogP contribution in [-0.4, -0.2) is 11.5 Å². The van der Waals surface area contributed by atoms with Crippen LogP contribution >= 0.6 is 11.6 Å². The molecule has 2 rings (SSSR count). The van der Waals surface area contributed by atoms with Crippen molar-refractivity contribution in [1.29, 1.82) is 0 Å².